The number of aromatic hydroxyl groups is 1. The fraction of sp³-hybridized carbons (Fsp3) is 0. The fourth-order valence-corrected chi connectivity index (χ4v) is 2.35. The molecule has 0 radical (unpaired) electrons. The van der Waals surface area contributed by atoms with E-state index in [9.17, 15) is 5.11 Å². The van der Waals surface area contributed by atoms with Crippen LogP contribution in [0.5, 0.6) is 11.5 Å². The number of fused-ring (bicyclic) bond motifs is 2. The van der Waals surface area contributed by atoms with E-state index < -0.39 is 0 Å². The normalized spacial score (nSPS) is 10.9. The van der Waals surface area contributed by atoms with Crippen molar-refractivity contribution in [2.75, 3.05) is 0 Å². The van der Waals surface area contributed by atoms with Gasteiger partial charge in [-0.05, 0) is 35.0 Å². The van der Waals surface area contributed by atoms with E-state index >= 15 is 0 Å². The predicted octanol–water partition coefficient (Wildman–Crippen LogP) is 4.43. The lowest BCUT2D eigenvalue weighted by molar-refractivity contribution is 0.488. The van der Waals surface area contributed by atoms with E-state index in [-0.39, 0.29) is 0 Å². The van der Waals surface area contributed by atoms with E-state index in [0.29, 0.717) is 5.75 Å². The maximum absolute atomic E-state index is 10.2. The molecule has 0 bridgehead atoms. The van der Waals surface area contributed by atoms with E-state index in [1.807, 2.05) is 65.5 Å². The molecule has 0 atom stereocenters. The van der Waals surface area contributed by atoms with Crippen LogP contribution in [0.1, 0.15) is 0 Å². The average Bonchev–Trinajstić information content (AvgIpc) is 2.38. The van der Waals surface area contributed by atoms with Gasteiger partial charge in [-0.1, -0.05) is 24.3 Å². The lowest BCUT2D eigenvalue weighted by atomic mass is 10.0. The Morgan fingerprint density at radius 3 is 2.47 bits per heavy atom. The Hall–Kier alpha value is -1.49. The molecule has 0 unspecified atom stereocenters. The molecule has 0 aliphatic carbocycles. The summed E-state index contributed by atoms with van der Waals surface area (Å²) in [5.41, 5.74) is 0. The van der Waals surface area contributed by atoms with Gasteiger partial charge in [-0.3, -0.25) is 0 Å². The molecule has 0 aromatic heterocycles. The molecule has 0 fully saturated rings. The van der Waals surface area contributed by atoms with Gasteiger partial charge in [-0.15, -0.1) is 0 Å². The molecule has 84 valence electrons. The molecule has 0 amide bonds. The first-order valence-electron chi connectivity index (χ1n) is 5.22. The summed E-state index contributed by atoms with van der Waals surface area (Å²) in [5.74, 6) is 1.12. The number of hydrogen-bond acceptors (Lipinski definition) is 2. The smallest absolute Gasteiger partial charge is 0.192 e. The summed E-state index contributed by atoms with van der Waals surface area (Å²) >= 11 is 1.85. The summed E-state index contributed by atoms with van der Waals surface area (Å²) in [7, 11) is 0. The van der Waals surface area contributed by atoms with Gasteiger partial charge in [-0.2, -0.15) is 0 Å². The molecule has 3 heteroatoms. The summed E-state index contributed by atoms with van der Waals surface area (Å²) in [4.78, 5) is 0. The summed E-state index contributed by atoms with van der Waals surface area (Å²) in [6.07, 6.45) is 0. The van der Waals surface area contributed by atoms with Crippen molar-refractivity contribution >= 4 is 44.6 Å². The lowest BCUT2D eigenvalue weighted by Gasteiger charge is -2.07. The van der Waals surface area contributed by atoms with Crippen molar-refractivity contribution in [1.82, 2.24) is 0 Å². The van der Waals surface area contributed by atoms with E-state index in [1.165, 1.54) is 0 Å². The third kappa shape index (κ3) is 1.70. The number of rotatable bonds is 1. The van der Waals surface area contributed by atoms with Crippen molar-refractivity contribution < 1.29 is 8.17 Å². The van der Waals surface area contributed by atoms with E-state index in [2.05, 4.69) is 6.07 Å². The molecular formula is C14H9IO2. The van der Waals surface area contributed by atoms with Crippen molar-refractivity contribution in [3.8, 4) is 11.5 Å². The van der Waals surface area contributed by atoms with Gasteiger partial charge in [0.2, 0.25) is 0 Å². The maximum atomic E-state index is 10.2. The van der Waals surface area contributed by atoms with Gasteiger partial charge in [0.15, 0.2) is 23.0 Å². The largest absolute Gasteiger partial charge is 0.507 e. The zero-order chi connectivity index (χ0) is 11.8. The van der Waals surface area contributed by atoms with Gasteiger partial charge in [0, 0.05) is 10.8 Å². The van der Waals surface area contributed by atoms with Crippen LogP contribution in [0.25, 0.3) is 21.5 Å². The SMILES string of the molecule is Oc1c2ccccc2cc2cc(OI)ccc12. The summed E-state index contributed by atoms with van der Waals surface area (Å²) in [5, 5.41) is 14.0. The first-order chi connectivity index (χ1) is 8.29. The average molecular weight is 336 g/mol. The third-order valence-electron chi connectivity index (χ3n) is 2.89. The van der Waals surface area contributed by atoms with Gasteiger partial charge in [-0.25, -0.2) is 0 Å². The van der Waals surface area contributed by atoms with Crippen LogP contribution >= 0.6 is 23.0 Å². The Balaban J connectivity index is 2.45. The van der Waals surface area contributed by atoms with Crippen LogP contribution in [-0.2, 0) is 0 Å². The first-order valence-corrected chi connectivity index (χ1v) is 6.11. The molecule has 3 rings (SSSR count). The zero-order valence-corrected chi connectivity index (χ0v) is 11.0. The molecule has 1 N–H and O–H groups in total. The van der Waals surface area contributed by atoms with Crippen LogP contribution in [0, 0.1) is 0 Å². The van der Waals surface area contributed by atoms with Crippen LogP contribution in [0.2, 0.25) is 0 Å². The molecule has 3 aromatic rings. The molecule has 0 aliphatic rings. The van der Waals surface area contributed by atoms with Crippen LogP contribution < -0.4 is 3.07 Å². The highest BCUT2D eigenvalue weighted by Gasteiger charge is 2.06. The maximum Gasteiger partial charge on any atom is 0.192 e. The number of phenols is 1. The predicted molar refractivity (Wildman–Crippen MR) is 77.8 cm³/mol. The molecular weight excluding hydrogens is 327 g/mol. The van der Waals surface area contributed by atoms with E-state index in [1.54, 1.807) is 0 Å². The van der Waals surface area contributed by atoms with Gasteiger partial charge in [0.1, 0.15) is 11.5 Å². The Labute approximate surface area is 113 Å². The number of hydrogen-bond donors (Lipinski definition) is 1. The highest BCUT2D eigenvalue weighted by atomic mass is 127. The molecule has 17 heavy (non-hydrogen) atoms. The minimum atomic E-state index is 0.332. The Morgan fingerprint density at radius 1 is 0.882 bits per heavy atom. The van der Waals surface area contributed by atoms with E-state index in [0.717, 1.165) is 27.3 Å². The second-order valence-corrected chi connectivity index (χ2v) is 4.35. The molecule has 0 heterocycles. The van der Waals surface area contributed by atoms with Gasteiger partial charge in [0.25, 0.3) is 0 Å². The monoisotopic (exact) mass is 336 g/mol. The van der Waals surface area contributed by atoms with Gasteiger partial charge >= 0.3 is 0 Å². The second-order valence-electron chi connectivity index (χ2n) is 3.91. The number of benzene rings is 3. The summed E-state index contributed by atoms with van der Waals surface area (Å²) < 4.78 is 5.16. The number of halogens is 1. The Kier molecular flexibility index (Phi) is 2.55. The van der Waals surface area contributed by atoms with Crippen molar-refractivity contribution in [3.63, 3.8) is 0 Å². The Bertz CT molecular complexity index is 707. The van der Waals surface area contributed by atoms with Crippen molar-refractivity contribution in [2.24, 2.45) is 0 Å². The van der Waals surface area contributed by atoms with Crippen LogP contribution in [0.15, 0.2) is 48.5 Å². The van der Waals surface area contributed by atoms with Crippen LogP contribution in [0.4, 0.5) is 0 Å². The van der Waals surface area contributed by atoms with Crippen LogP contribution in [0.3, 0.4) is 0 Å². The minimum absolute atomic E-state index is 0.332. The lowest BCUT2D eigenvalue weighted by Crippen LogP contribution is -1.80. The molecule has 0 spiro atoms. The quantitative estimate of drug-likeness (QED) is 0.526. The molecule has 3 aromatic carbocycles. The molecule has 0 saturated heterocycles. The topological polar surface area (TPSA) is 29.5 Å². The molecule has 0 saturated carbocycles. The minimum Gasteiger partial charge on any atom is -0.507 e. The van der Waals surface area contributed by atoms with Gasteiger partial charge in [0.05, 0.1) is 0 Å². The zero-order valence-electron chi connectivity index (χ0n) is 8.85. The van der Waals surface area contributed by atoms with Crippen LogP contribution in [-0.4, -0.2) is 5.11 Å². The first kappa shape index (κ1) is 10.7. The van der Waals surface area contributed by atoms with Crippen molar-refractivity contribution in [3.05, 3.63) is 48.5 Å². The van der Waals surface area contributed by atoms with Crippen molar-refractivity contribution in [1.29, 1.82) is 0 Å². The molecule has 0 aliphatic heterocycles. The highest BCUT2D eigenvalue weighted by Crippen LogP contribution is 2.35. The Morgan fingerprint density at radius 2 is 1.65 bits per heavy atom. The second kappa shape index (κ2) is 4.07. The third-order valence-corrected chi connectivity index (χ3v) is 3.40. The summed E-state index contributed by atoms with van der Waals surface area (Å²) in [6, 6.07) is 15.5. The number of phenolic OH excluding ortho intramolecular Hbond substituents is 1. The van der Waals surface area contributed by atoms with E-state index in [4.69, 9.17) is 3.07 Å². The molecule has 2 nitrogen and oxygen atoms in total. The fourth-order valence-electron chi connectivity index (χ4n) is 2.08. The highest BCUT2D eigenvalue weighted by molar-refractivity contribution is 14.1. The summed E-state index contributed by atoms with van der Waals surface area (Å²) in [6.45, 7) is 0. The van der Waals surface area contributed by atoms with Crippen molar-refractivity contribution in [2.45, 2.75) is 0 Å². The van der Waals surface area contributed by atoms with Gasteiger partial charge < -0.3 is 8.17 Å². The standard InChI is InChI=1S/C14H9IO2/c15-17-11-5-6-13-10(8-11)7-9-3-1-2-4-12(9)14(13)16/h1-8,16H.